The van der Waals surface area contributed by atoms with Crippen molar-refractivity contribution in [2.75, 3.05) is 31.7 Å². The van der Waals surface area contributed by atoms with Crippen LogP contribution in [0.15, 0.2) is 158 Å². The van der Waals surface area contributed by atoms with Crippen LogP contribution < -0.4 is 38.5 Å². The summed E-state index contributed by atoms with van der Waals surface area (Å²) in [6, 6.07) is 40.7. The molecule has 4 aliphatic heterocycles. The van der Waals surface area contributed by atoms with Gasteiger partial charge in [0.15, 0.2) is 0 Å². The highest BCUT2D eigenvalue weighted by Crippen LogP contribution is 2.59. The van der Waals surface area contributed by atoms with Gasteiger partial charge in [0.2, 0.25) is 11.8 Å². The second kappa shape index (κ2) is 30.3. The number of amides is 4. The van der Waals surface area contributed by atoms with Crippen molar-refractivity contribution in [3.63, 3.8) is 0 Å². The highest BCUT2D eigenvalue weighted by atomic mass is 16.6. The van der Waals surface area contributed by atoms with Crippen molar-refractivity contribution in [1.29, 1.82) is 0 Å². The molecule has 20 nitrogen and oxygen atoms in total. The van der Waals surface area contributed by atoms with E-state index in [9.17, 15) is 0 Å². The predicted molar refractivity (Wildman–Crippen MR) is 425 cm³/mol. The number of hydrogen-bond acceptors (Lipinski definition) is 18. The standard InChI is InChI=1S/C92H89N5O15/c1-49(2)55-17-25-60(26-18-55)107-73-41-67-79-68(88(99)96(87(67)98)71(37-53-13-9-10-14-53)91(102)111-77-39-59(33-35-93-77)95-45-65-46-105-65)42-74(108-61-27-19-56(20-28-61)50(3)4)82-84-76(110-63-31-23-58(24-32-63)52(7)8)44-70-80-69(43-75(83(86(80)84)81(73)85(79)82)109-62-29-21-57(22-30-62)51(5)6)89(100)97(90(70)101)72(38-54-15-11-12-16-54)92(103)112-78-40-64(34-36-94-78)104-47-66-48-106-66/h17-36,39-44,49-54,65-66,71-72H,9-16,37-38,45-48H2,1-8H3,(H,93,95). The Morgan fingerprint density at radius 1 is 0.411 bits per heavy atom. The van der Waals surface area contributed by atoms with Crippen LogP contribution in [0.4, 0.5) is 5.69 Å². The van der Waals surface area contributed by atoms with Gasteiger partial charge in [-0.25, -0.2) is 19.6 Å². The number of benzene rings is 9. The van der Waals surface area contributed by atoms with E-state index in [-0.39, 0.29) is 135 Å². The Labute approximate surface area is 649 Å². The van der Waals surface area contributed by atoms with Gasteiger partial charge in [-0.05, 0) is 156 Å². The molecule has 2 saturated carbocycles. The molecule has 0 spiro atoms. The van der Waals surface area contributed by atoms with Crippen molar-refractivity contribution in [3.8, 4) is 63.5 Å². The summed E-state index contributed by atoms with van der Waals surface area (Å²) < 4.78 is 58.8. The van der Waals surface area contributed by atoms with E-state index in [0.29, 0.717) is 86.5 Å². The molecular weight excluding hydrogens is 1420 g/mol. The molecule has 2 saturated heterocycles. The maximum atomic E-state index is 16.7. The summed E-state index contributed by atoms with van der Waals surface area (Å²) in [6.45, 7) is 18.8. The monoisotopic (exact) mass is 1500 g/mol. The van der Waals surface area contributed by atoms with Crippen LogP contribution in [0.1, 0.15) is 207 Å². The second-order valence-electron chi connectivity index (χ2n) is 31.9. The molecular formula is C92H89N5O15. The lowest BCUT2D eigenvalue weighted by molar-refractivity contribution is -0.140. The minimum Gasteiger partial charge on any atom is -0.491 e. The zero-order chi connectivity index (χ0) is 77.3. The largest absolute Gasteiger partial charge is 0.491 e. The lowest BCUT2D eigenvalue weighted by Crippen LogP contribution is -2.52. The van der Waals surface area contributed by atoms with Gasteiger partial charge in [-0.1, -0.05) is 155 Å². The smallest absolute Gasteiger partial charge is 0.336 e. The molecule has 6 heterocycles. The number of esters is 2. The van der Waals surface area contributed by atoms with Crippen molar-refractivity contribution < 1.29 is 71.4 Å². The van der Waals surface area contributed by atoms with Crippen LogP contribution in [0.5, 0.6) is 63.5 Å². The van der Waals surface area contributed by atoms with Gasteiger partial charge >= 0.3 is 11.9 Å². The van der Waals surface area contributed by atoms with Crippen LogP contribution in [0.3, 0.4) is 0 Å². The Morgan fingerprint density at radius 3 is 1.07 bits per heavy atom. The quantitative estimate of drug-likeness (QED) is 0.0158. The molecule has 17 rings (SSSR count). The maximum absolute atomic E-state index is 16.7. The molecule has 4 unspecified atom stereocenters. The number of hydrogen-bond donors (Lipinski definition) is 1. The fourth-order valence-electron chi connectivity index (χ4n) is 16.6. The van der Waals surface area contributed by atoms with Gasteiger partial charge in [0.1, 0.15) is 76.5 Å². The number of epoxide rings is 2. The van der Waals surface area contributed by atoms with E-state index in [2.05, 4.69) is 70.7 Å². The first-order chi connectivity index (χ1) is 54.2. The normalized spacial score (nSPS) is 17.5. The molecule has 9 aromatic carbocycles. The average molecular weight is 1500 g/mol. The van der Waals surface area contributed by atoms with Crippen LogP contribution in [-0.2, 0) is 19.1 Å². The number of fused-ring (bicyclic) bond motifs is 2. The first kappa shape index (κ1) is 73.3. The molecule has 4 fully saturated rings. The lowest BCUT2D eigenvalue weighted by atomic mass is 9.80. The summed E-state index contributed by atoms with van der Waals surface area (Å²) in [5.41, 5.74) is 4.82. The van der Waals surface area contributed by atoms with Gasteiger partial charge in [0.05, 0.1) is 41.6 Å². The molecule has 2 aliphatic carbocycles. The fraction of sp³-hybridized carbons (Fsp3) is 0.348. The maximum Gasteiger partial charge on any atom is 0.336 e. The van der Waals surface area contributed by atoms with Gasteiger partial charge in [-0.2, -0.15) is 0 Å². The Bertz CT molecular complexity index is 4930. The minimum absolute atomic E-state index is 0.0102. The van der Waals surface area contributed by atoms with Crippen LogP contribution >= 0.6 is 0 Å². The van der Waals surface area contributed by atoms with Gasteiger partial charge in [-0.3, -0.25) is 29.0 Å². The van der Waals surface area contributed by atoms with E-state index in [1.807, 2.05) is 97.1 Å². The molecule has 0 bridgehead atoms. The minimum atomic E-state index is -1.47. The number of rotatable bonds is 28. The highest BCUT2D eigenvalue weighted by molar-refractivity contribution is 6.45. The molecule has 112 heavy (non-hydrogen) atoms. The summed E-state index contributed by atoms with van der Waals surface area (Å²) in [5.74, 6) is -2.28. The third-order valence-corrected chi connectivity index (χ3v) is 22.9. The van der Waals surface area contributed by atoms with Crippen LogP contribution in [-0.4, -0.2) is 106 Å². The molecule has 0 radical (unpaired) electrons. The molecule has 4 atom stereocenters. The molecule has 11 aromatic rings. The molecule has 6 aliphatic rings. The van der Waals surface area contributed by atoms with Gasteiger partial charge in [-0.15, -0.1) is 0 Å². The Balaban J connectivity index is 0.951. The summed E-state index contributed by atoms with van der Waals surface area (Å²) >= 11 is 0. The number of carbonyl (C=O) groups excluding carboxylic acids is 6. The average Bonchev–Trinajstić information content (AvgIpc) is 0.862. The Hall–Kier alpha value is -11.5. The fourth-order valence-corrected chi connectivity index (χ4v) is 16.6. The SMILES string of the molecule is CC(C)c1ccc(Oc2cc3c4c(cc(Oc5ccc(C(C)C)cc5)c5c6c(Oc7ccc(C(C)C)cc7)cc7c8c(cc(Oc9ccc(C(C)C)cc9)c(c2c45)c86)C(=O)N(C(CC2CCCC2)C(=O)Oc2cc(OCC4CO4)ccn2)C7=O)C(=O)N(C(CC2CCCC2)C(=O)Oc2cc(NCC4CO4)ccn2)C3=O)cc1. The van der Waals surface area contributed by atoms with E-state index in [4.69, 9.17) is 42.6 Å². The van der Waals surface area contributed by atoms with Crippen molar-refractivity contribution >= 4 is 84.3 Å². The Kier molecular flexibility index (Phi) is 19.8. The number of carbonyl (C=O) groups is 6. The summed E-state index contributed by atoms with van der Waals surface area (Å²) in [7, 11) is 0. The van der Waals surface area contributed by atoms with E-state index in [0.717, 1.165) is 83.4 Å². The van der Waals surface area contributed by atoms with Crippen molar-refractivity contribution in [2.24, 2.45) is 11.8 Å². The third-order valence-electron chi connectivity index (χ3n) is 22.9. The second-order valence-corrected chi connectivity index (χ2v) is 31.9. The Morgan fingerprint density at radius 2 is 0.741 bits per heavy atom. The molecule has 4 amide bonds. The van der Waals surface area contributed by atoms with E-state index in [1.165, 1.54) is 18.5 Å². The highest BCUT2D eigenvalue weighted by Gasteiger charge is 2.48. The first-order valence-corrected chi connectivity index (χ1v) is 39.4. The van der Waals surface area contributed by atoms with Gasteiger partial charge in [0, 0.05) is 79.8 Å². The number of anilines is 1. The number of pyridine rings is 2. The lowest BCUT2D eigenvalue weighted by Gasteiger charge is -2.36. The van der Waals surface area contributed by atoms with Crippen LogP contribution in [0, 0.1) is 11.8 Å². The number of nitrogens with one attached hydrogen (secondary N) is 1. The van der Waals surface area contributed by atoms with E-state index >= 15 is 28.8 Å². The summed E-state index contributed by atoms with van der Waals surface area (Å²) in [5, 5.41) is 5.52. The van der Waals surface area contributed by atoms with Crippen molar-refractivity contribution in [2.45, 2.75) is 168 Å². The van der Waals surface area contributed by atoms with Crippen molar-refractivity contribution in [1.82, 2.24) is 19.8 Å². The molecule has 2 aromatic heterocycles. The van der Waals surface area contributed by atoms with Crippen LogP contribution in [0.2, 0.25) is 0 Å². The number of nitrogens with zero attached hydrogens (tertiary/aromatic N) is 4. The van der Waals surface area contributed by atoms with E-state index < -0.39 is 47.7 Å². The zero-order valence-electron chi connectivity index (χ0n) is 64.1. The number of ether oxygens (including phenoxy) is 9. The van der Waals surface area contributed by atoms with Gasteiger partial charge in [0.25, 0.3) is 23.6 Å². The summed E-state index contributed by atoms with van der Waals surface area (Å²) in [4.78, 5) is 109. The van der Waals surface area contributed by atoms with Crippen LogP contribution in [0.25, 0.3) is 43.1 Å². The molecule has 572 valence electrons. The van der Waals surface area contributed by atoms with Gasteiger partial charge < -0.3 is 47.9 Å². The topological polar surface area (TPSA) is 236 Å². The molecule has 20 heteroatoms. The third kappa shape index (κ3) is 14.5. The van der Waals surface area contributed by atoms with Crippen molar-refractivity contribution in [3.05, 3.63) is 202 Å². The predicted octanol–water partition coefficient (Wildman–Crippen LogP) is 20.1. The first-order valence-electron chi connectivity index (χ1n) is 39.4. The summed E-state index contributed by atoms with van der Waals surface area (Å²) in [6.07, 6.45) is 9.80. The zero-order valence-corrected chi connectivity index (χ0v) is 64.1. The number of aromatic nitrogens is 2. The molecule has 1 N–H and O–H groups in total. The number of imide groups is 2. The van der Waals surface area contributed by atoms with E-state index in [1.54, 1.807) is 42.5 Å².